The van der Waals surface area contributed by atoms with Gasteiger partial charge in [0.15, 0.2) is 0 Å². The molecular formula is C19H27N3O4. The monoisotopic (exact) mass is 361 g/mol. The highest BCUT2D eigenvalue weighted by Crippen LogP contribution is 2.26. The summed E-state index contributed by atoms with van der Waals surface area (Å²) in [6.45, 7) is 4.81. The molecule has 0 unspecified atom stereocenters. The molecule has 2 aliphatic rings. The first-order valence-electron chi connectivity index (χ1n) is 9.24. The van der Waals surface area contributed by atoms with Gasteiger partial charge in [-0.25, -0.2) is 4.79 Å². The number of nitrogens with one attached hydrogen (secondary N) is 1. The van der Waals surface area contributed by atoms with Crippen molar-refractivity contribution >= 4 is 12.0 Å². The second-order valence-electron chi connectivity index (χ2n) is 7.12. The molecule has 26 heavy (non-hydrogen) atoms. The summed E-state index contributed by atoms with van der Waals surface area (Å²) in [7, 11) is 0. The molecule has 1 heterocycles. The van der Waals surface area contributed by atoms with Gasteiger partial charge in [-0.05, 0) is 31.5 Å². The minimum atomic E-state index is -0.802. The Bertz CT molecular complexity index is 612. The lowest BCUT2D eigenvalue weighted by Gasteiger charge is -2.44. The highest BCUT2D eigenvalue weighted by Gasteiger charge is 2.37. The molecule has 1 aromatic rings. The number of hydrogen-bond donors (Lipinski definition) is 2. The van der Waals surface area contributed by atoms with Crippen LogP contribution in [0, 0.1) is 5.92 Å². The Hall–Kier alpha value is -2.28. The molecule has 0 bridgehead atoms. The van der Waals surface area contributed by atoms with Crippen molar-refractivity contribution in [2.45, 2.75) is 31.8 Å². The molecule has 1 aromatic carbocycles. The number of para-hydroxylation sites is 1. The van der Waals surface area contributed by atoms with Gasteiger partial charge in [0, 0.05) is 31.1 Å². The summed E-state index contributed by atoms with van der Waals surface area (Å²) in [4.78, 5) is 26.8. The molecule has 1 saturated heterocycles. The van der Waals surface area contributed by atoms with Gasteiger partial charge in [-0.15, -0.1) is 0 Å². The Morgan fingerprint density at radius 2 is 1.96 bits per heavy atom. The quantitative estimate of drug-likeness (QED) is 0.736. The van der Waals surface area contributed by atoms with Crippen LogP contribution in [0.25, 0.3) is 0 Å². The first-order valence-corrected chi connectivity index (χ1v) is 9.24. The maximum absolute atomic E-state index is 12.2. The van der Waals surface area contributed by atoms with E-state index < -0.39 is 5.97 Å². The van der Waals surface area contributed by atoms with Crippen LogP contribution in [0.2, 0.25) is 0 Å². The van der Waals surface area contributed by atoms with Crippen molar-refractivity contribution in [1.82, 2.24) is 15.1 Å². The minimum absolute atomic E-state index is 0.0225. The highest BCUT2D eigenvalue weighted by atomic mass is 16.5. The normalized spacial score (nSPS) is 22.5. The summed E-state index contributed by atoms with van der Waals surface area (Å²) >= 11 is 0. The van der Waals surface area contributed by atoms with Crippen molar-refractivity contribution in [3.05, 3.63) is 30.3 Å². The summed E-state index contributed by atoms with van der Waals surface area (Å²) in [5, 5.41) is 12.0. The smallest absolute Gasteiger partial charge is 0.317 e. The number of amides is 2. The maximum atomic E-state index is 12.2. The number of likely N-dealkylation sites (N-methyl/N-ethyl adjacent to an activating group) is 1. The molecule has 7 heteroatoms. The van der Waals surface area contributed by atoms with Gasteiger partial charge in [-0.3, -0.25) is 9.69 Å². The summed E-state index contributed by atoms with van der Waals surface area (Å²) in [6, 6.07) is 10.1. The number of hydrogen-bond acceptors (Lipinski definition) is 4. The molecular weight excluding hydrogens is 334 g/mol. The Morgan fingerprint density at radius 3 is 2.58 bits per heavy atom. The standard InChI is InChI=1S/C19H27N3O4/c1-2-21(12-18(23)24)16-8-15(9-16)20-19(25)22-10-14(11-22)13-26-17-6-4-3-5-7-17/h3-7,14-16H,2,8-13H2,1H3,(H,20,25)(H,23,24). The number of likely N-dealkylation sites (tertiary alicyclic amines) is 1. The zero-order valence-corrected chi connectivity index (χ0v) is 15.1. The maximum Gasteiger partial charge on any atom is 0.317 e. The molecule has 1 saturated carbocycles. The molecule has 3 rings (SSSR count). The molecule has 2 N–H and O–H groups in total. The van der Waals surface area contributed by atoms with Crippen molar-refractivity contribution in [1.29, 1.82) is 0 Å². The largest absolute Gasteiger partial charge is 0.493 e. The third kappa shape index (κ3) is 4.66. The fourth-order valence-corrected chi connectivity index (χ4v) is 3.51. The average Bonchev–Trinajstić information content (AvgIpc) is 2.55. The van der Waals surface area contributed by atoms with Crippen molar-refractivity contribution < 1.29 is 19.4 Å². The van der Waals surface area contributed by atoms with Crippen LogP contribution in [-0.2, 0) is 4.79 Å². The number of carboxylic acids is 1. The van der Waals surface area contributed by atoms with Gasteiger partial charge < -0.3 is 20.1 Å². The van der Waals surface area contributed by atoms with Crippen molar-refractivity contribution in [2.24, 2.45) is 5.92 Å². The third-order valence-electron chi connectivity index (χ3n) is 5.18. The number of carbonyl (C=O) groups is 2. The number of benzene rings is 1. The number of nitrogens with zero attached hydrogens (tertiary/aromatic N) is 2. The number of ether oxygens (including phenoxy) is 1. The van der Waals surface area contributed by atoms with E-state index in [9.17, 15) is 9.59 Å². The summed E-state index contributed by atoms with van der Waals surface area (Å²) in [5.41, 5.74) is 0. The van der Waals surface area contributed by atoms with E-state index >= 15 is 0 Å². The first-order chi connectivity index (χ1) is 12.5. The molecule has 2 amide bonds. The molecule has 1 aliphatic heterocycles. The molecule has 0 spiro atoms. The second kappa shape index (κ2) is 8.40. The van der Waals surface area contributed by atoms with Gasteiger partial charge in [0.1, 0.15) is 5.75 Å². The molecule has 0 radical (unpaired) electrons. The van der Waals surface area contributed by atoms with Gasteiger partial charge in [0.2, 0.25) is 0 Å². The Morgan fingerprint density at radius 1 is 1.27 bits per heavy atom. The van der Waals surface area contributed by atoms with E-state index in [4.69, 9.17) is 9.84 Å². The van der Waals surface area contributed by atoms with Gasteiger partial charge in [0.05, 0.1) is 13.2 Å². The number of aliphatic carboxylic acids is 1. The minimum Gasteiger partial charge on any atom is -0.493 e. The van der Waals surface area contributed by atoms with E-state index in [-0.39, 0.29) is 24.7 Å². The lowest BCUT2D eigenvalue weighted by atomic mass is 9.85. The van der Waals surface area contributed by atoms with E-state index in [2.05, 4.69) is 5.32 Å². The van der Waals surface area contributed by atoms with Crippen LogP contribution in [0.4, 0.5) is 4.79 Å². The van der Waals surface area contributed by atoms with Gasteiger partial charge in [-0.2, -0.15) is 0 Å². The topological polar surface area (TPSA) is 82.1 Å². The van der Waals surface area contributed by atoms with Crippen LogP contribution >= 0.6 is 0 Å². The van der Waals surface area contributed by atoms with E-state index in [0.29, 0.717) is 19.1 Å². The predicted molar refractivity (Wildman–Crippen MR) is 97.2 cm³/mol. The zero-order chi connectivity index (χ0) is 18.5. The molecule has 0 atom stereocenters. The number of carboxylic acid groups (broad SMARTS) is 1. The van der Waals surface area contributed by atoms with Gasteiger partial charge in [-0.1, -0.05) is 25.1 Å². The number of carbonyl (C=O) groups excluding carboxylic acids is 1. The van der Waals surface area contributed by atoms with E-state index in [1.807, 2.05) is 42.2 Å². The van der Waals surface area contributed by atoms with Crippen LogP contribution in [0.5, 0.6) is 5.75 Å². The lowest BCUT2D eigenvalue weighted by Crippen LogP contribution is -2.60. The summed E-state index contributed by atoms with van der Waals surface area (Å²) < 4.78 is 5.72. The lowest BCUT2D eigenvalue weighted by molar-refractivity contribution is -0.139. The SMILES string of the molecule is CCN(CC(=O)O)C1CC(NC(=O)N2CC(COc3ccccc3)C2)C1. The summed E-state index contributed by atoms with van der Waals surface area (Å²) in [5.74, 6) is 0.433. The molecule has 1 aliphatic carbocycles. The summed E-state index contributed by atoms with van der Waals surface area (Å²) in [6.07, 6.45) is 1.64. The Labute approximate surface area is 153 Å². The van der Waals surface area contributed by atoms with E-state index in [0.717, 1.165) is 31.7 Å². The van der Waals surface area contributed by atoms with Crippen LogP contribution < -0.4 is 10.1 Å². The predicted octanol–water partition coefficient (Wildman–Crippen LogP) is 1.64. The average molecular weight is 361 g/mol. The van der Waals surface area contributed by atoms with Crippen molar-refractivity contribution in [2.75, 3.05) is 32.8 Å². The molecule has 2 fully saturated rings. The first kappa shape index (κ1) is 18.5. The zero-order valence-electron chi connectivity index (χ0n) is 15.1. The van der Waals surface area contributed by atoms with Crippen molar-refractivity contribution in [3.8, 4) is 5.75 Å². The van der Waals surface area contributed by atoms with Crippen molar-refractivity contribution in [3.63, 3.8) is 0 Å². The fraction of sp³-hybridized carbons (Fsp3) is 0.579. The van der Waals surface area contributed by atoms with E-state index in [1.165, 1.54) is 0 Å². The fourth-order valence-electron chi connectivity index (χ4n) is 3.51. The van der Waals surface area contributed by atoms with Gasteiger partial charge in [0.25, 0.3) is 0 Å². The Balaban J connectivity index is 1.31. The molecule has 7 nitrogen and oxygen atoms in total. The number of urea groups is 1. The van der Waals surface area contributed by atoms with Gasteiger partial charge >= 0.3 is 12.0 Å². The van der Waals surface area contributed by atoms with Crippen LogP contribution in [0.1, 0.15) is 19.8 Å². The second-order valence-corrected chi connectivity index (χ2v) is 7.12. The molecule has 142 valence electrons. The molecule has 0 aromatic heterocycles. The van der Waals surface area contributed by atoms with E-state index in [1.54, 1.807) is 4.90 Å². The van der Waals surface area contributed by atoms with Crippen LogP contribution in [0.15, 0.2) is 30.3 Å². The number of rotatable bonds is 8. The van der Waals surface area contributed by atoms with Crippen LogP contribution in [-0.4, -0.2) is 71.8 Å². The third-order valence-corrected chi connectivity index (χ3v) is 5.18. The van der Waals surface area contributed by atoms with Crippen LogP contribution in [0.3, 0.4) is 0 Å². The Kier molecular flexibility index (Phi) is 5.98. The highest BCUT2D eigenvalue weighted by molar-refractivity contribution is 5.75.